The number of thiophene rings is 1. The Morgan fingerprint density at radius 1 is 1.00 bits per heavy atom. The number of aromatic hydroxyl groups is 2. The summed E-state index contributed by atoms with van der Waals surface area (Å²) in [6.07, 6.45) is 1.32. The Kier molecular flexibility index (Phi) is 6.13. The third-order valence-corrected chi connectivity index (χ3v) is 8.12. The minimum atomic E-state index is -0.0878. The minimum absolute atomic E-state index is 0.0878. The number of fused-ring (bicyclic) bond motifs is 1. The van der Waals surface area contributed by atoms with Crippen LogP contribution in [0.3, 0.4) is 0 Å². The molecule has 6 nitrogen and oxygen atoms in total. The van der Waals surface area contributed by atoms with Gasteiger partial charge in [0.1, 0.15) is 23.4 Å². The summed E-state index contributed by atoms with van der Waals surface area (Å²) in [4.78, 5) is 16.9. The van der Waals surface area contributed by atoms with E-state index >= 15 is 0 Å². The molecule has 2 N–H and O–H groups in total. The molecule has 1 unspecified atom stereocenters. The van der Waals surface area contributed by atoms with Crippen LogP contribution >= 0.6 is 11.3 Å². The summed E-state index contributed by atoms with van der Waals surface area (Å²) in [5.74, 6) is 1.64. The van der Waals surface area contributed by atoms with Crippen molar-refractivity contribution in [1.29, 1.82) is 0 Å². The lowest BCUT2D eigenvalue weighted by atomic mass is 9.97. The molecule has 2 saturated heterocycles. The zero-order valence-corrected chi connectivity index (χ0v) is 20.5. The first-order valence-electron chi connectivity index (χ1n) is 12.2. The summed E-state index contributed by atoms with van der Waals surface area (Å²) < 4.78 is 12.4. The summed E-state index contributed by atoms with van der Waals surface area (Å²) in [5, 5.41) is 20.5. The van der Waals surface area contributed by atoms with Crippen molar-refractivity contribution in [1.82, 2.24) is 4.90 Å². The van der Waals surface area contributed by atoms with Gasteiger partial charge in [0, 0.05) is 52.3 Å². The normalized spacial score (nSPS) is 18.4. The van der Waals surface area contributed by atoms with Crippen LogP contribution in [-0.2, 0) is 4.74 Å². The quantitative estimate of drug-likeness (QED) is 0.334. The molecule has 3 heterocycles. The lowest BCUT2D eigenvalue weighted by Crippen LogP contribution is -2.55. The molecule has 3 aromatic carbocycles. The van der Waals surface area contributed by atoms with E-state index < -0.39 is 0 Å². The zero-order valence-electron chi connectivity index (χ0n) is 19.7. The van der Waals surface area contributed by atoms with Crippen molar-refractivity contribution in [2.24, 2.45) is 5.92 Å². The van der Waals surface area contributed by atoms with E-state index in [1.54, 1.807) is 42.5 Å². The van der Waals surface area contributed by atoms with Gasteiger partial charge in [0.05, 0.1) is 6.61 Å². The second-order valence-electron chi connectivity index (χ2n) is 9.58. The molecule has 0 radical (unpaired) electrons. The molecule has 0 aliphatic carbocycles. The molecule has 4 aromatic rings. The van der Waals surface area contributed by atoms with E-state index in [2.05, 4.69) is 4.90 Å². The summed E-state index contributed by atoms with van der Waals surface area (Å²) in [6.45, 7) is 4.65. The lowest BCUT2D eigenvalue weighted by Gasteiger charge is -2.40. The number of carbonyl (C=O) groups excluding carboxylic acids is 1. The molecule has 6 rings (SSSR count). The minimum Gasteiger partial charge on any atom is -0.508 e. The Balaban J connectivity index is 1.20. The fourth-order valence-electron chi connectivity index (χ4n) is 4.99. The molecule has 1 atom stereocenters. The van der Waals surface area contributed by atoms with E-state index in [-0.39, 0.29) is 23.4 Å². The van der Waals surface area contributed by atoms with E-state index in [0.29, 0.717) is 17.0 Å². The van der Waals surface area contributed by atoms with Gasteiger partial charge in [0.25, 0.3) is 0 Å². The number of phenols is 2. The monoisotopic (exact) mass is 501 g/mol. The maximum atomic E-state index is 13.7. The first kappa shape index (κ1) is 23.0. The fraction of sp³-hybridized carbons (Fsp3) is 0.276. The van der Waals surface area contributed by atoms with E-state index in [9.17, 15) is 15.0 Å². The van der Waals surface area contributed by atoms with Gasteiger partial charge in [-0.05, 0) is 84.6 Å². The van der Waals surface area contributed by atoms with Crippen LogP contribution < -0.4 is 4.74 Å². The van der Waals surface area contributed by atoms with Crippen molar-refractivity contribution in [3.63, 3.8) is 0 Å². The molecule has 2 aliphatic heterocycles. The van der Waals surface area contributed by atoms with Crippen molar-refractivity contribution in [2.75, 3.05) is 32.8 Å². The Hall–Kier alpha value is -3.39. The topological polar surface area (TPSA) is 79.2 Å². The van der Waals surface area contributed by atoms with Gasteiger partial charge in [-0.3, -0.25) is 9.69 Å². The number of ether oxygens (including phenoxy) is 2. The van der Waals surface area contributed by atoms with Crippen LogP contribution in [0.2, 0.25) is 0 Å². The number of benzene rings is 3. The highest BCUT2D eigenvalue weighted by molar-refractivity contribution is 7.22. The summed E-state index contributed by atoms with van der Waals surface area (Å²) >= 11 is 1.45. The Morgan fingerprint density at radius 2 is 1.75 bits per heavy atom. The van der Waals surface area contributed by atoms with Crippen molar-refractivity contribution >= 4 is 27.2 Å². The lowest BCUT2D eigenvalue weighted by molar-refractivity contribution is 0.00915. The largest absolute Gasteiger partial charge is 0.508 e. The van der Waals surface area contributed by atoms with Gasteiger partial charge in [0.15, 0.2) is 5.78 Å². The van der Waals surface area contributed by atoms with E-state index in [0.717, 1.165) is 65.5 Å². The van der Waals surface area contributed by atoms with Crippen LogP contribution in [0.1, 0.15) is 22.3 Å². The number of hydrogen-bond acceptors (Lipinski definition) is 7. The SMILES string of the molecule is O=C(c1ccc(OC2CN(CC3CCOC3)C2)cc1)c1c(-c2ccc(O)cc2)sc2cc(O)ccc12. The molecule has 2 aliphatic rings. The van der Waals surface area contributed by atoms with Crippen LogP contribution in [0.15, 0.2) is 66.7 Å². The number of likely N-dealkylation sites (tertiary alicyclic amines) is 1. The number of ketones is 1. The van der Waals surface area contributed by atoms with Gasteiger partial charge in [-0.2, -0.15) is 0 Å². The number of nitrogens with zero attached hydrogens (tertiary/aromatic N) is 1. The zero-order chi connectivity index (χ0) is 24.6. The third-order valence-electron chi connectivity index (χ3n) is 6.91. The number of carbonyl (C=O) groups is 1. The van der Waals surface area contributed by atoms with E-state index in [1.807, 2.05) is 24.3 Å². The van der Waals surface area contributed by atoms with Gasteiger partial charge in [-0.15, -0.1) is 11.3 Å². The predicted molar refractivity (Wildman–Crippen MR) is 140 cm³/mol. The molecule has 36 heavy (non-hydrogen) atoms. The van der Waals surface area contributed by atoms with Gasteiger partial charge in [-0.1, -0.05) is 0 Å². The van der Waals surface area contributed by atoms with Gasteiger partial charge >= 0.3 is 0 Å². The summed E-state index contributed by atoms with van der Waals surface area (Å²) in [6, 6.07) is 19.2. The summed E-state index contributed by atoms with van der Waals surface area (Å²) in [5.41, 5.74) is 2.02. The standard InChI is InChI=1S/C29H27NO5S/c31-21-5-1-20(2-6-21)29-27(25-10-7-22(32)13-26(25)36-29)28(33)19-3-8-23(9-4-19)35-24-15-30(16-24)14-18-11-12-34-17-18/h1-10,13,18,24,31-32H,11-12,14-17H2. The smallest absolute Gasteiger partial charge is 0.195 e. The average Bonchev–Trinajstić information content (AvgIpc) is 3.50. The van der Waals surface area contributed by atoms with Gasteiger partial charge in [0.2, 0.25) is 0 Å². The fourth-order valence-corrected chi connectivity index (χ4v) is 6.23. The second-order valence-corrected chi connectivity index (χ2v) is 10.6. The molecular weight excluding hydrogens is 474 g/mol. The Morgan fingerprint density at radius 3 is 2.47 bits per heavy atom. The van der Waals surface area contributed by atoms with Crippen molar-refractivity contribution in [2.45, 2.75) is 12.5 Å². The van der Waals surface area contributed by atoms with Crippen LogP contribution in [0, 0.1) is 5.92 Å². The van der Waals surface area contributed by atoms with E-state index in [1.165, 1.54) is 11.3 Å². The van der Waals surface area contributed by atoms with Crippen LogP contribution in [0.25, 0.3) is 20.5 Å². The maximum Gasteiger partial charge on any atom is 0.195 e. The Bertz CT molecular complexity index is 1380. The van der Waals surface area contributed by atoms with E-state index in [4.69, 9.17) is 9.47 Å². The summed E-state index contributed by atoms with van der Waals surface area (Å²) in [7, 11) is 0. The van der Waals surface area contributed by atoms with Gasteiger partial charge in [-0.25, -0.2) is 0 Å². The van der Waals surface area contributed by atoms with Crippen LogP contribution in [-0.4, -0.2) is 59.8 Å². The molecule has 184 valence electrons. The maximum absolute atomic E-state index is 13.7. The molecule has 0 amide bonds. The predicted octanol–water partition coefficient (Wildman–Crippen LogP) is 5.31. The highest BCUT2D eigenvalue weighted by Gasteiger charge is 2.31. The second kappa shape index (κ2) is 9.58. The molecule has 0 spiro atoms. The first-order chi connectivity index (χ1) is 17.5. The van der Waals surface area contributed by atoms with Crippen molar-refractivity contribution < 1.29 is 24.5 Å². The number of hydrogen-bond donors (Lipinski definition) is 2. The van der Waals surface area contributed by atoms with Gasteiger partial charge < -0.3 is 19.7 Å². The molecule has 0 bridgehead atoms. The molecular formula is C29H27NO5S. The molecule has 2 fully saturated rings. The van der Waals surface area contributed by atoms with Crippen LogP contribution in [0.4, 0.5) is 0 Å². The molecule has 7 heteroatoms. The first-order valence-corrected chi connectivity index (χ1v) is 13.0. The highest BCUT2D eigenvalue weighted by Crippen LogP contribution is 2.41. The third kappa shape index (κ3) is 4.57. The highest BCUT2D eigenvalue weighted by atomic mass is 32.1. The van der Waals surface area contributed by atoms with Crippen LogP contribution in [0.5, 0.6) is 17.2 Å². The van der Waals surface area contributed by atoms with Crippen molar-refractivity contribution in [3.05, 3.63) is 77.9 Å². The molecule has 1 aromatic heterocycles. The number of rotatable bonds is 7. The van der Waals surface area contributed by atoms with Crippen molar-refractivity contribution in [3.8, 4) is 27.7 Å². The Labute approximate surface area is 213 Å². The average molecular weight is 502 g/mol. The molecule has 0 saturated carbocycles. The number of phenolic OH excluding ortho intramolecular Hbond substituents is 2.